The second-order valence-corrected chi connectivity index (χ2v) is 10.7. The number of guanidine groups is 1. The van der Waals surface area contributed by atoms with Gasteiger partial charge in [-0.1, -0.05) is 18.2 Å². The Bertz CT molecular complexity index is 807. The van der Waals surface area contributed by atoms with Crippen molar-refractivity contribution in [2.45, 2.75) is 45.2 Å². The van der Waals surface area contributed by atoms with Crippen LogP contribution in [0.4, 0.5) is 0 Å². The molecular formula is C22H37IN4O3S. The zero-order chi connectivity index (χ0) is 21.4. The zero-order valence-corrected chi connectivity index (χ0v) is 21.8. The first-order chi connectivity index (χ1) is 14.4. The third-order valence-corrected chi connectivity index (χ3v) is 6.53. The number of hydrogen-bond donors (Lipinski definition) is 2. The van der Waals surface area contributed by atoms with Crippen molar-refractivity contribution in [3.05, 3.63) is 29.8 Å². The number of nitrogens with one attached hydrogen (secondary N) is 2. The normalized spacial score (nSPS) is 18.3. The molecule has 0 radical (unpaired) electrons. The molecule has 0 bridgehead atoms. The van der Waals surface area contributed by atoms with Crippen LogP contribution in [0.25, 0.3) is 0 Å². The fourth-order valence-electron chi connectivity index (χ4n) is 3.54. The highest BCUT2D eigenvalue weighted by Gasteiger charge is 2.23. The summed E-state index contributed by atoms with van der Waals surface area (Å²) in [7, 11) is -2.90. The zero-order valence-electron chi connectivity index (χ0n) is 18.7. The molecule has 3 rings (SSSR count). The molecule has 1 aliphatic heterocycles. The van der Waals surface area contributed by atoms with E-state index in [2.05, 4.69) is 28.5 Å². The summed E-state index contributed by atoms with van der Waals surface area (Å²) in [6.45, 7) is 6.68. The molecule has 1 aromatic carbocycles. The third kappa shape index (κ3) is 9.95. The van der Waals surface area contributed by atoms with E-state index in [0.717, 1.165) is 62.3 Å². The Kier molecular flexibility index (Phi) is 10.8. The van der Waals surface area contributed by atoms with Crippen LogP contribution in [0.15, 0.2) is 29.3 Å². The Morgan fingerprint density at radius 1 is 1.19 bits per heavy atom. The van der Waals surface area contributed by atoms with Gasteiger partial charge in [0.2, 0.25) is 0 Å². The summed E-state index contributed by atoms with van der Waals surface area (Å²) in [5, 5.41) is 6.89. The summed E-state index contributed by atoms with van der Waals surface area (Å²) in [5.41, 5.74) is 1.10. The van der Waals surface area contributed by atoms with E-state index < -0.39 is 9.84 Å². The summed E-state index contributed by atoms with van der Waals surface area (Å²) in [6.07, 6.45) is 5.82. The van der Waals surface area contributed by atoms with E-state index >= 15 is 0 Å². The average molecular weight is 565 g/mol. The Morgan fingerprint density at radius 2 is 1.90 bits per heavy atom. The maximum atomic E-state index is 11.4. The Labute approximate surface area is 204 Å². The van der Waals surface area contributed by atoms with Gasteiger partial charge in [-0.3, -0.25) is 0 Å². The minimum Gasteiger partial charge on any atom is -0.493 e. The molecule has 2 aliphatic rings. The van der Waals surface area contributed by atoms with Crippen LogP contribution in [0.5, 0.6) is 5.75 Å². The van der Waals surface area contributed by atoms with E-state index in [0.29, 0.717) is 19.1 Å². The van der Waals surface area contributed by atoms with E-state index in [4.69, 9.17) is 9.73 Å². The van der Waals surface area contributed by atoms with Crippen molar-refractivity contribution in [1.82, 2.24) is 15.5 Å². The number of hydrogen-bond acceptors (Lipinski definition) is 5. The van der Waals surface area contributed by atoms with Gasteiger partial charge in [-0.2, -0.15) is 0 Å². The van der Waals surface area contributed by atoms with Gasteiger partial charge in [-0.15, -0.1) is 24.0 Å². The molecule has 0 aromatic heterocycles. The summed E-state index contributed by atoms with van der Waals surface area (Å²) in [5.74, 6) is 2.72. The third-order valence-electron chi connectivity index (χ3n) is 5.60. The minimum absolute atomic E-state index is 0. The summed E-state index contributed by atoms with van der Waals surface area (Å²) >= 11 is 0. The van der Waals surface area contributed by atoms with Crippen molar-refractivity contribution in [3.8, 4) is 5.75 Å². The lowest BCUT2D eigenvalue weighted by Gasteiger charge is -2.32. The van der Waals surface area contributed by atoms with Crippen molar-refractivity contribution in [2.75, 3.05) is 44.8 Å². The molecule has 0 atom stereocenters. The molecule has 1 heterocycles. The molecular weight excluding hydrogens is 527 g/mol. The van der Waals surface area contributed by atoms with Crippen LogP contribution in [-0.2, 0) is 16.4 Å². The minimum atomic E-state index is -2.90. The van der Waals surface area contributed by atoms with Crippen molar-refractivity contribution in [2.24, 2.45) is 10.9 Å². The molecule has 9 heteroatoms. The number of para-hydroxylation sites is 1. The number of nitrogens with zero attached hydrogens (tertiary/aromatic N) is 2. The smallest absolute Gasteiger partial charge is 0.191 e. The van der Waals surface area contributed by atoms with Crippen LogP contribution in [0, 0.1) is 5.92 Å². The molecule has 31 heavy (non-hydrogen) atoms. The first kappa shape index (κ1) is 26.2. The van der Waals surface area contributed by atoms with Gasteiger partial charge in [0.05, 0.1) is 18.9 Å². The van der Waals surface area contributed by atoms with Gasteiger partial charge in [0.1, 0.15) is 15.6 Å². The lowest BCUT2D eigenvalue weighted by Crippen LogP contribution is -2.49. The second-order valence-electron chi connectivity index (χ2n) is 8.45. The number of benzene rings is 1. The predicted molar refractivity (Wildman–Crippen MR) is 137 cm³/mol. The Balaban J connectivity index is 0.00000341. The van der Waals surface area contributed by atoms with Gasteiger partial charge < -0.3 is 20.3 Å². The van der Waals surface area contributed by atoms with E-state index in [1.54, 1.807) is 0 Å². The standard InChI is InChI=1S/C22H36N4O3S.HI/c1-3-23-22(25-20-10-12-26(13-11-20)14-15-30(2,27)28)24-16-19-6-4-5-7-21(19)29-17-18-8-9-18;/h4-7,18,20H,3,8-17H2,1-2H3,(H2,23,24,25);1H. The van der Waals surface area contributed by atoms with Gasteiger partial charge >= 0.3 is 0 Å². The number of sulfone groups is 1. The molecule has 1 aliphatic carbocycles. The lowest BCUT2D eigenvalue weighted by atomic mass is 10.1. The van der Waals surface area contributed by atoms with Crippen LogP contribution in [0.1, 0.15) is 38.2 Å². The quantitative estimate of drug-likeness (QED) is 0.259. The Hall–Kier alpha value is -1.07. The van der Waals surface area contributed by atoms with Crippen molar-refractivity contribution in [3.63, 3.8) is 0 Å². The number of piperidine rings is 1. The summed E-state index contributed by atoms with van der Waals surface area (Å²) < 4.78 is 28.8. The number of rotatable bonds is 10. The molecule has 1 saturated carbocycles. The second kappa shape index (κ2) is 12.8. The molecule has 2 fully saturated rings. The van der Waals surface area contributed by atoms with Gasteiger partial charge in [-0.05, 0) is 44.6 Å². The maximum Gasteiger partial charge on any atom is 0.191 e. The maximum absolute atomic E-state index is 11.4. The van der Waals surface area contributed by atoms with Gasteiger partial charge in [0.15, 0.2) is 5.96 Å². The fourth-order valence-corrected chi connectivity index (χ4v) is 4.13. The van der Waals surface area contributed by atoms with E-state index in [1.807, 2.05) is 18.2 Å². The lowest BCUT2D eigenvalue weighted by molar-refractivity contribution is 0.216. The number of aliphatic imine (C=N–C) groups is 1. The van der Waals surface area contributed by atoms with Crippen LogP contribution in [0.2, 0.25) is 0 Å². The van der Waals surface area contributed by atoms with Crippen molar-refractivity contribution >= 4 is 39.8 Å². The highest BCUT2D eigenvalue weighted by Crippen LogP contribution is 2.30. The van der Waals surface area contributed by atoms with Crippen molar-refractivity contribution < 1.29 is 13.2 Å². The highest BCUT2D eigenvalue weighted by molar-refractivity contribution is 14.0. The van der Waals surface area contributed by atoms with E-state index in [1.165, 1.54) is 19.1 Å². The molecule has 1 aromatic rings. The van der Waals surface area contributed by atoms with Crippen LogP contribution >= 0.6 is 24.0 Å². The number of likely N-dealkylation sites (tertiary alicyclic amines) is 1. The van der Waals surface area contributed by atoms with Gasteiger partial charge in [-0.25, -0.2) is 13.4 Å². The average Bonchev–Trinajstić information content (AvgIpc) is 3.55. The van der Waals surface area contributed by atoms with Crippen LogP contribution in [-0.4, -0.2) is 70.1 Å². The number of halogens is 1. The Morgan fingerprint density at radius 3 is 2.55 bits per heavy atom. The molecule has 1 saturated heterocycles. The van der Waals surface area contributed by atoms with Crippen LogP contribution < -0.4 is 15.4 Å². The SMILES string of the molecule is CCNC(=NCc1ccccc1OCC1CC1)NC1CCN(CCS(C)(=O)=O)CC1.I. The molecule has 0 spiro atoms. The molecule has 2 N–H and O–H groups in total. The number of ether oxygens (including phenoxy) is 1. The topological polar surface area (TPSA) is 83.0 Å². The first-order valence-electron chi connectivity index (χ1n) is 11.1. The van der Waals surface area contributed by atoms with Gasteiger partial charge in [0.25, 0.3) is 0 Å². The van der Waals surface area contributed by atoms with Crippen molar-refractivity contribution in [1.29, 1.82) is 0 Å². The van der Waals surface area contributed by atoms with E-state index in [-0.39, 0.29) is 29.7 Å². The monoisotopic (exact) mass is 564 g/mol. The van der Waals surface area contributed by atoms with E-state index in [9.17, 15) is 8.42 Å². The highest BCUT2D eigenvalue weighted by atomic mass is 127. The molecule has 0 unspecified atom stereocenters. The first-order valence-corrected chi connectivity index (χ1v) is 13.1. The summed E-state index contributed by atoms with van der Waals surface area (Å²) in [6, 6.07) is 8.49. The van der Waals surface area contributed by atoms with Gasteiger partial charge in [0, 0.05) is 44.0 Å². The predicted octanol–water partition coefficient (Wildman–Crippen LogP) is 2.66. The molecule has 7 nitrogen and oxygen atoms in total. The molecule has 0 amide bonds. The summed E-state index contributed by atoms with van der Waals surface area (Å²) in [4.78, 5) is 7.02. The van der Waals surface area contributed by atoms with Crippen LogP contribution in [0.3, 0.4) is 0 Å². The largest absolute Gasteiger partial charge is 0.493 e. The fraction of sp³-hybridized carbons (Fsp3) is 0.682. The molecule has 176 valence electrons.